The van der Waals surface area contributed by atoms with E-state index in [2.05, 4.69) is 18.7 Å². The molecule has 1 aliphatic heterocycles. The molecule has 1 aliphatic rings. The summed E-state index contributed by atoms with van der Waals surface area (Å²) in [5, 5.41) is 7.38. The topological polar surface area (TPSA) is 53.1 Å². The number of hydrogen-bond acceptors (Lipinski definition) is 3. The van der Waals surface area contributed by atoms with Crippen LogP contribution in [0.15, 0.2) is 18.2 Å². The van der Waals surface area contributed by atoms with Crippen molar-refractivity contribution in [1.82, 2.24) is 4.90 Å². The lowest BCUT2D eigenvalue weighted by molar-refractivity contribution is 0.249. The summed E-state index contributed by atoms with van der Waals surface area (Å²) in [4.78, 5) is 2.26. The molecule has 2 rings (SSSR count). The Kier molecular flexibility index (Phi) is 4.16. The monoisotopic (exact) mass is 281 g/mol. The van der Waals surface area contributed by atoms with Crippen LogP contribution in [0.5, 0.6) is 0 Å². The van der Waals surface area contributed by atoms with Gasteiger partial charge in [0, 0.05) is 35.7 Å². The number of amidine groups is 1. The molecule has 0 radical (unpaired) electrons. The number of nitrogens with two attached hydrogens (primary N) is 1. The van der Waals surface area contributed by atoms with E-state index in [1.807, 2.05) is 11.8 Å². The first-order valence-electron chi connectivity index (χ1n) is 6.37. The highest BCUT2D eigenvalue weighted by molar-refractivity contribution is 8.00. The first-order chi connectivity index (χ1) is 8.89. The van der Waals surface area contributed by atoms with Gasteiger partial charge < -0.3 is 5.73 Å². The lowest BCUT2D eigenvalue weighted by Crippen LogP contribution is -2.42. The summed E-state index contributed by atoms with van der Waals surface area (Å²) in [5.74, 6) is 0.501. The summed E-state index contributed by atoms with van der Waals surface area (Å²) in [6.45, 7) is 6.93. The van der Waals surface area contributed by atoms with Gasteiger partial charge in [0.2, 0.25) is 0 Å². The van der Waals surface area contributed by atoms with E-state index in [-0.39, 0.29) is 22.0 Å². The SMILES string of the molecule is CC1(C)CN(Cc2cccc(C(=N)N)c2F)CCS1. The van der Waals surface area contributed by atoms with Gasteiger partial charge >= 0.3 is 0 Å². The maximum atomic E-state index is 14.2. The van der Waals surface area contributed by atoms with Crippen LogP contribution in [0.2, 0.25) is 0 Å². The number of thioether (sulfide) groups is 1. The summed E-state index contributed by atoms with van der Waals surface area (Å²) in [6, 6.07) is 5.09. The molecule has 1 heterocycles. The minimum absolute atomic E-state index is 0.197. The number of nitrogens with one attached hydrogen (secondary N) is 1. The van der Waals surface area contributed by atoms with Gasteiger partial charge in [0.1, 0.15) is 11.7 Å². The molecular weight excluding hydrogens is 261 g/mol. The van der Waals surface area contributed by atoms with Crippen LogP contribution in [0.1, 0.15) is 25.0 Å². The second kappa shape index (κ2) is 5.51. The van der Waals surface area contributed by atoms with Crippen LogP contribution in [0.4, 0.5) is 4.39 Å². The van der Waals surface area contributed by atoms with Crippen LogP contribution < -0.4 is 5.73 Å². The Morgan fingerprint density at radius 3 is 2.89 bits per heavy atom. The van der Waals surface area contributed by atoms with Crippen LogP contribution in [0, 0.1) is 11.2 Å². The second-order valence-corrected chi connectivity index (χ2v) is 7.31. The van der Waals surface area contributed by atoms with Gasteiger partial charge in [-0.05, 0) is 19.9 Å². The molecule has 0 bridgehead atoms. The Balaban J connectivity index is 2.15. The molecule has 0 spiro atoms. The molecule has 1 fully saturated rings. The molecule has 104 valence electrons. The quantitative estimate of drug-likeness (QED) is 0.661. The van der Waals surface area contributed by atoms with Crippen molar-refractivity contribution in [3.63, 3.8) is 0 Å². The molecule has 0 atom stereocenters. The highest BCUT2D eigenvalue weighted by Gasteiger charge is 2.27. The third kappa shape index (κ3) is 3.48. The summed E-state index contributed by atoms with van der Waals surface area (Å²) in [7, 11) is 0. The van der Waals surface area contributed by atoms with Crippen molar-refractivity contribution in [2.45, 2.75) is 25.1 Å². The number of hydrogen-bond donors (Lipinski definition) is 2. The number of rotatable bonds is 3. The normalized spacial score (nSPS) is 19.3. The first-order valence-corrected chi connectivity index (χ1v) is 7.36. The maximum absolute atomic E-state index is 14.2. The zero-order valence-electron chi connectivity index (χ0n) is 11.4. The smallest absolute Gasteiger partial charge is 0.138 e. The van der Waals surface area contributed by atoms with Gasteiger partial charge in [-0.1, -0.05) is 12.1 Å². The van der Waals surface area contributed by atoms with Gasteiger partial charge in [-0.3, -0.25) is 10.3 Å². The van der Waals surface area contributed by atoms with Gasteiger partial charge in [-0.15, -0.1) is 0 Å². The summed E-state index contributed by atoms with van der Waals surface area (Å²) >= 11 is 1.96. The third-order valence-electron chi connectivity index (χ3n) is 3.27. The van der Waals surface area contributed by atoms with E-state index < -0.39 is 0 Å². The summed E-state index contributed by atoms with van der Waals surface area (Å²) < 4.78 is 14.4. The van der Waals surface area contributed by atoms with Crippen LogP contribution in [0.25, 0.3) is 0 Å². The lowest BCUT2D eigenvalue weighted by Gasteiger charge is -2.37. The molecule has 0 unspecified atom stereocenters. The minimum atomic E-state index is -0.356. The van der Waals surface area contributed by atoms with Gasteiger partial charge in [0.05, 0.1) is 5.56 Å². The molecule has 0 saturated carbocycles. The van der Waals surface area contributed by atoms with Crippen molar-refractivity contribution >= 4 is 17.6 Å². The molecular formula is C14H20FN3S. The van der Waals surface area contributed by atoms with Crippen molar-refractivity contribution in [2.75, 3.05) is 18.8 Å². The van der Waals surface area contributed by atoms with E-state index in [0.29, 0.717) is 12.1 Å². The lowest BCUT2D eigenvalue weighted by atomic mass is 10.1. The fourth-order valence-electron chi connectivity index (χ4n) is 2.40. The Morgan fingerprint density at radius 1 is 1.53 bits per heavy atom. The second-order valence-electron chi connectivity index (χ2n) is 5.51. The van der Waals surface area contributed by atoms with Crippen molar-refractivity contribution in [3.8, 4) is 0 Å². The molecule has 19 heavy (non-hydrogen) atoms. The number of halogens is 1. The predicted molar refractivity (Wildman–Crippen MR) is 79.2 cm³/mol. The van der Waals surface area contributed by atoms with E-state index in [1.165, 1.54) is 0 Å². The minimum Gasteiger partial charge on any atom is -0.384 e. The Morgan fingerprint density at radius 2 is 2.26 bits per heavy atom. The maximum Gasteiger partial charge on any atom is 0.138 e. The summed E-state index contributed by atoms with van der Waals surface area (Å²) in [6.07, 6.45) is 0. The standard InChI is InChI=1S/C14H20FN3S/c1-14(2)9-18(6-7-19-14)8-10-4-3-5-11(12(10)15)13(16)17/h3-5H,6-9H2,1-2H3,(H3,16,17). The molecule has 1 aromatic carbocycles. The Labute approximate surface area is 117 Å². The number of nitrogen functional groups attached to an aromatic ring is 1. The molecule has 0 aliphatic carbocycles. The molecule has 1 saturated heterocycles. The van der Waals surface area contributed by atoms with E-state index in [1.54, 1.807) is 18.2 Å². The van der Waals surface area contributed by atoms with Crippen molar-refractivity contribution < 1.29 is 4.39 Å². The van der Waals surface area contributed by atoms with E-state index >= 15 is 0 Å². The average molecular weight is 281 g/mol. The molecule has 5 heteroatoms. The van der Waals surface area contributed by atoms with E-state index in [4.69, 9.17) is 11.1 Å². The van der Waals surface area contributed by atoms with Crippen molar-refractivity contribution in [1.29, 1.82) is 5.41 Å². The molecule has 1 aromatic rings. The fourth-order valence-corrected chi connectivity index (χ4v) is 3.58. The van der Waals surface area contributed by atoms with E-state index in [0.717, 1.165) is 18.8 Å². The van der Waals surface area contributed by atoms with Crippen LogP contribution in [-0.4, -0.2) is 34.3 Å². The number of benzene rings is 1. The van der Waals surface area contributed by atoms with Crippen LogP contribution in [-0.2, 0) is 6.54 Å². The van der Waals surface area contributed by atoms with Gasteiger partial charge in [-0.25, -0.2) is 4.39 Å². The fraction of sp³-hybridized carbons (Fsp3) is 0.500. The molecule has 3 nitrogen and oxygen atoms in total. The largest absolute Gasteiger partial charge is 0.384 e. The summed E-state index contributed by atoms with van der Waals surface area (Å²) in [5.41, 5.74) is 6.20. The van der Waals surface area contributed by atoms with Gasteiger partial charge in [0.25, 0.3) is 0 Å². The highest BCUT2D eigenvalue weighted by Crippen LogP contribution is 2.30. The molecule has 3 N–H and O–H groups in total. The zero-order chi connectivity index (χ0) is 14.0. The van der Waals surface area contributed by atoms with Crippen LogP contribution >= 0.6 is 11.8 Å². The van der Waals surface area contributed by atoms with Gasteiger partial charge in [-0.2, -0.15) is 11.8 Å². The number of nitrogens with zero attached hydrogens (tertiary/aromatic N) is 1. The third-order valence-corrected chi connectivity index (χ3v) is 4.56. The van der Waals surface area contributed by atoms with Gasteiger partial charge in [0.15, 0.2) is 0 Å². The van der Waals surface area contributed by atoms with E-state index in [9.17, 15) is 4.39 Å². The molecule has 0 amide bonds. The first kappa shape index (κ1) is 14.3. The van der Waals surface area contributed by atoms with Crippen molar-refractivity contribution in [2.24, 2.45) is 5.73 Å². The Hall–Kier alpha value is -1.07. The predicted octanol–water partition coefficient (Wildman–Crippen LogP) is 2.44. The Bertz CT molecular complexity index is 488. The van der Waals surface area contributed by atoms with Crippen LogP contribution in [0.3, 0.4) is 0 Å². The zero-order valence-corrected chi connectivity index (χ0v) is 12.2. The van der Waals surface area contributed by atoms with Crippen molar-refractivity contribution in [3.05, 3.63) is 35.1 Å². The highest BCUT2D eigenvalue weighted by atomic mass is 32.2. The average Bonchev–Trinajstić information content (AvgIpc) is 2.30. The molecule has 0 aromatic heterocycles.